The predicted octanol–water partition coefficient (Wildman–Crippen LogP) is 9.65. The second-order valence-corrected chi connectivity index (χ2v) is 11.7. The van der Waals surface area contributed by atoms with Crippen LogP contribution in [0.5, 0.6) is 5.75 Å². The first kappa shape index (κ1) is 29.7. The minimum absolute atomic E-state index is 0.461. The molecule has 0 bridgehead atoms. The first-order valence-corrected chi connectivity index (χ1v) is 15.0. The maximum absolute atomic E-state index is 6.55. The van der Waals surface area contributed by atoms with Crippen LogP contribution in [0.3, 0.4) is 0 Å². The van der Waals surface area contributed by atoms with Gasteiger partial charge in [-0.2, -0.15) is 0 Å². The zero-order valence-corrected chi connectivity index (χ0v) is 24.1. The summed E-state index contributed by atoms with van der Waals surface area (Å²) in [5.74, 6) is 3.67. The molecular formula is C34H52O3. The summed E-state index contributed by atoms with van der Waals surface area (Å²) in [5.41, 5.74) is 3.88. The second kappa shape index (κ2) is 16.9. The van der Waals surface area contributed by atoms with Crippen molar-refractivity contribution in [2.45, 2.75) is 97.8 Å². The molecular weight excluding hydrogens is 456 g/mol. The molecule has 3 rings (SSSR count). The molecule has 2 aromatic carbocycles. The van der Waals surface area contributed by atoms with Crippen molar-refractivity contribution in [3.63, 3.8) is 0 Å². The number of unbranched alkanes of at least 4 members (excludes halogenated alkanes) is 1. The van der Waals surface area contributed by atoms with E-state index >= 15 is 0 Å². The Morgan fingerprint density at radius 2 is 1.59 bits per heavy atom. The van der Waals surface area contributed by atoms with Gasteiger partial charge in [0.25, 0.3) is 0 Å². The van der Waals surface area contributed by atoms with Gasteiger partial charge >= 0.3 is 0 Å². The Morgan fingerprint density at radius 1 is 0.838 bits per heavy atom. The molecule has 2 atom stereocenters. The average molecular weight is 509 g/mol. The molecule has 0 N–H and O–H groups in total. The van der Waals surface area contributed by atoms with Gasteiger partial charge in [-0.25, -0.2) is 0 Å². The van der Waals surface area contributed by atoms with E-state index in [2.05, 4.69) is 76.2 Å². The number of hydrogen-bond acceptors (Lipinski definition) is 3. The standard InChI is InChI=1S/C34H52O3/c1-5-6-15-30(18-11-14-29-24-35-26-36-25-29)32-19-20-33(31-16-8-7-9-17-31)34(23-32)37-22-21-28(4)13-10-12-27(2)3/h7-9,16-17,19-20,23,27-30H,5-6,10-15,18,21-22,24-26H2,1-4H3. The van der Waals surface area contributed by atoms with E-state index in [0.717, 1.165) is 37.9 Å². The monoisotopic (exact) mass is 508 g/mol. The molecule has 37 heavy (non-hydrogen) atoms. The third kappa shape index (κ3) is 10.8. The van der Waals surface area contributed by atoms with Gasteiger partial charge in [-0.05, 0) is 60.6 Å². The Hall–Kier alpha value is -1.84. The molecule has 0 aliphatic carbocycles. The summed E-state index contributed by atoms with van der Waals surface area (Å²) >= 11 is 0. The smallest absolute Gasteiger partial charge is 0.146 e. The van der Waals surface area contributed by atoms with Crippen LogP contribution in [0, 0.1) is 17.8 Å². The summed E-state index contributed by atoms with van der Waals surface area (Å²) in [6.45, 7) is 12.2. The molecule has 2 unspecified atom stereocenters. The highest BCUT2D eigenvalue weighted by Crippen LogP contribution is 2.37. The lowest BCUT2D eigenvalue weighted by Crippen LogP contribution is -2.24. The molecule has 206 valence electrons. The molecule has 0 spiro atoms. The molecule has 0 aromatic heterocycles. The summed E-state index contributed by atoms with van der Waals surface area (Å²) in [6, 6.07) is 17.7. The minimum atomic E-state index is 0.461. The van der Waals surface area contributed by atoms with Gasteiger partial charge in [0.15, 0.2) is 0 Å². The second-order valence-electron chi connectivity index (χ2n) is 11.7. The minimum Gasteiger partial charge on any atom is -0.493 e. The molecule has 2 aromatic rings. The summed E-state index contributed by atoms with van der Waals surface area (Å²) in [5, 5.41) is 0. The van der Waals surface area contributed by atoms with Crippen LogP contribution in [0.1, 0.15) is 103 Å². The maximum Gasteiger partial charge on any atom is 0.146 e. The van der Waals surface area contributed by atoms with Crippen LogP contribution in [0.4, 0.5) is 0 Å². The zero-order valence-electron chi connectivity index (χ0n) is 24.1. The maximum atomic E-state index is 6.55. The predicted molar refractivity (Wildman–Crippen MR) is 156 cm³/mol. The summed E-state index contributed by atoms with van der Waals surface area (Å²) in [6.07, 6.45) is 12.4. The molecule has 0 radical (unpaired) electrons. The Kier molecular flexibility index (Phi) is 13.6. The lowest BCUT2D eigenvalue weighted by molar-refractivity contribution is -0.127. The average Bonchev–Trinajstić information content (AvgIpc) is 2.91. The topological polar surface area (TPSA) is 27.7 Å². The molecule has 1 aliphatic heterocycles. The quantitative estimate of drug-likeness (QED) is 0.213. The van der Waals surface area contributed by atoms with Gasteiger partial charge in [-0.3, -0.25) is 0 Å². The van der Waals surface area contributed by atoms with Crippen molar-refractivity contribution in [2.24, 2.45) is 17.8 Å². The number of ether oxygens (including phenoxy) is 3. The SMILES string of the molecule is CCCCC(CCCC1COCOC1)c1ccc(-c2ccccc2)c(OCCC(C)CCCC(C)C)c1. The van der Waals surface area contributed by atoms with Gasteiger partial charge in [0.1, 0.15) is 12.5 Å². The van der Waals surface area contributed by atoms with Crippen LogP contribution in [-0.2, 0) is 9.47 Å². The Balaban J connectivity index is 1.68. The van der Waals surface area contributed by atoms with E-state index in [0.29, 0.717) is 24.5 Å². The Labute approximate surface area is 227 Å². The third-order valence-corrected chi connectivity index (χ3v) is 7.85. The Bertz CT molecular complexity index is 857. The van der Waals surface area contributed by atoms with Crippen LogP contribution in [0.2, 0.25) is 0 Å². The highest BCUT2D eigenvalue weighted by Gasteiger charge is 2.18. The van der Waals surface area contributed by atoms with Gasteiger partial charge in [0.2, 0.25) is 0 Å². The van der Waals surface area contributed by atoms with Crippen molar-refractivity contribution in [1.82, 2.24) is 0 Å². The van der Waals surface area contributed by atoms with E-state index in [1.165, 1.54) is 74.5 Å². The van der Waals surface area contributed by atoms with Crippen molar-refractivity contribution in [1.29, 1.82) is 0 Å². The van der Waals surface area contributed by atoms with Gasteiger partial charge < -0.3 is 14.2 Å². The highest BCUT2D eigenvalue weighted by atomic mass is 16.7. The van der Waals surface area contributed by atoms with Gasteiger partial charge in [0, 0.05) is 11.5 Å². The van der Waals surface area contributed by atoms with E-state index < -0.39 is 0 Å². The molecule has 3 heteroatoms. The molecule has 0 amide bonds. The lowest BCUT2D eigenvalue weighted by Gasteiger charge is -2.24. The number of benzene rings is 2. The van der Waals surface area contributed by atoms with Crippen molar-refractivity contribution in [2.75, 3.05) is 26.6 Å². The largest absolute Gasteiger partial charge is 0.493 e. The van der Waals surface area contributed by atoms with E-state index in [9.17, 15) is 0 Å². The van der Waals surface area contributed by atoms with Crippen molar-refractivity contribution in [3.8, 4) is 16.9 Å². The van der Waals surface area contributed by atoms with Crippen molar-refractivity contribution in [3.05, 3.63) is 54.1 Å². The fourth-order valence-corrected chi connectivity index (χ4v) is 5.44. The van der Waals surface area contributed by atoms with Crippen LogP contribution >= 0.6 is 0 Å². The number of hydrogen-bond donors (Lipinski definition) is 0. The van der Waals surface area contributed by atoms with Crippen molar-refractivity contribution < 1.29 is 14.2 Å². The Morgan fingerprint density at radius 3 is 2.32 bits per heavy atom. The molecule has 1 aliphatic rings. The molecule has 1 fully saturated rings. The lowest BCUT2D eigenvalue weighted by atomic mass is 9.86. The van der Waals surface area contributed by atoms with Crippen LogP contribution < -0.4 is 4.74 Å². The van der Waals surface area contributed by atoms with Crippen LogP contribution in [-0.4, -0.2) is 26.6 Å². The summed E-state index contributed by atoms with van der Waals surface area (Å²) < 4.78 is 17.6. The van der Waals surface area contributed by atoms with Gasteiger partial charge in [-0.1, -0.05) is 109 Å². The van der Waals surface area contributed by atoms with Gasteiger partial charge in [-0.15, -0.1) is 0 Å². The molecule has 1 heterocycles. The number of rotatable bonds is 17. The fourth-order valence-electron chi connectivity index (χ4n) is 5.44. The van der Waals surface area contributed by atoms with Crippen molar-refractivity contribution >= 4 is 0 Å². The van der Waals surface area contributed by atoms with E-state index in [1.807, 2.05) is 0 Å². The van der Waals surface area contributed by atoms with Crippen LogP contribution in [0.25, 0.3) is 11.1 Å². The molecule has 1 saturated heterocycles. The summed E-state index contributed by atoms with van der Waals surface area (Å²) in [4.78, 5) is 0. The summed E-state index contributed by atoms with van der Waals surface area (Å²) in [7, 11) is 0. The fraction of sp³-hybridized carbons (Fsp3) is 0.647. The molecule has 0 saturated carbocycles. The highest BCUT2D eigenvalue weighted by molar-refractivity contribution is 5.71. The first-order valence-electron chi connectivity index (χ1n) is 15.0. The third-order valence-electron chi connectivity index (χ3n) is 7.85. The van der Waals surface area contributed by atoms with E-state index in [-0.39, 0.29) is 0 Å². The zero-order chi connectivity index (χ0) is 26.3. The van der Waals surface area contributed by atoms with E-state index in [1.54, 1.807) is 0 Å². The normalized spacial score (nSPS) is 16.1. The van der Waals surface area contributed by atoms with E-state index in [4.69, 9.17) is 14.2 Å². The van der Waals surface area contributed by atoms with Crippen LogP contribution in [0.15, 0.2) is 48.5 Å². The molecule has 3 nitrogen and oxygen atoms in total. The van der Waals surface area contributed by atoms with Gasteiger partial charge in [0.05, 0.1) is 19.8 Å². The first-order chi connectivity index (χ1) is 18.1.